The van der Waals surface area contributed by atoms with E-state index in [0.29, 0.717) is 37.4 Å². The van der Waals surface area contributed by atoms with Crippen molar-refractivity contribution in [2.45, 2.75) is 25.3 Å². The van der Waals surface area contributed by atoms with Crippen LogP contribution in [0.2, 0.25) is 5.02 Å². The Morgan fingerprint density at radius 2 is 1.91 bits per heavy atom. The van der Waals surface area contributed by atoms with Crippen molar-refractivity contribution in [3.63, 3.8) is 0 Å². The summed E-state index contributed by atoms with van der Waals surface area (Å²) in [5.41, 5.74) is 0.627. The van der Waals surface area contributed by atoms with E-state index in [2.05, 4.69) is 30.5 Å². The highest BCUT2D eigenvalue weighted by atomic mass is 35.5. The first-order chi connectivity index (χ1) is 16.4. The summed E-state index contributed by atoms with van der Waals surface area (Å²) in [6.45, 7) is 0.940. The van der Waals surface area contributed by atoms with E-state index >= 15 is 0 Å². The highest BCUT2D eigenvalue weighted by Gasteiger charge is 2.43. The number of hydrogen-bond acceptors (Lipinski definition) is 6. The molecule has 0 saturated carbocycles. The van der Waals surface area contributed by atoms with Gasteiger partial charge in [-0.05, 0) is 43.0 Å². The molecular weight excluding hydrogens is 460 g/mol. The Labute approximate surface area is 201 Å². The van der Waals surface area contributed by atoms with Gasteiger partial charge in [0, 0.05) is 37.5 Å². The van der Waals surface area contributed by atoms with E-state index in [1.54, 1.807) is 18.3 Å². The monoisotopic (exact) mass is 486 g/mol. The summed E-state index contributed by atoms with van der Waals surface area (Å²) in [4.78, 5) is 38.7. The Bertz CT molecular complexity index is 1140. The van der Waals surface area contributed by atoms with Gasteiger partial charge in [0.15, 0.2) is 0 Å². The van der Waals surface area contributed by atoms with Gasteiger partial charge in [-0.25, -0.2) is 14.8 Å². The summed E-state index contributed by atoms with van der Waals surface area (Å²) < 4.78 is 0. The number of H-pyrrole nitrogens is 1. The number of benzene rings is 1. The van der Waals surface area contributed by atoms with Gasteiger partial charge < -0.3 is 30.7 Å². The topological polar surface area (TPSA) is 143 Å². The second-order valence-corrected chi connectivity index (χ2v) is 8.89. The summed E-state index contributed by atoms with van der Waals surface area (Å²) in [5.74, 6) is 0.537. The van der Waals surface area contributed by atoms with Gasteiger partial charge in [-0.1, -0.05) is 23.7 Å². The van der Waals surface area contributed by atoms with Gasteiger partial charge >= 0.3 is 6.09 Å². The molecule has 0 spiro atoms. The Kier molecular flexibility index (Phi) is 7.18. The molecule has 1 aromatic carbocycles. The molecule has 180 valence electrons. The minimum atomic E-state index is -1.18. The number of amides is 2. The molecule has 1 fully saturated rings. The number of aliphatic hydroxyl groups is 1. The van der Waals surface area contributed by atoms with Gasteiger partial charge in [0.05, 0.1) is 16.8 Å². The molecule has 1 saturated heterocycles. The third kappa shape index (κ3) is 5.07. The number of hydrogen-bond donors (Lipinski definition) is 5. The summed E-state index contributed by atoms with van der Waals surface area (Å²) in [6, 6.07) is 8.58. The zero-order valence-corrected chi connectivity index (χ0v) is 19.3. The molecule has 34 heavy (non-hydrogen) atoms. The first kappa shape index (κ1) is 23.8. The van der Waals surface area contributed by atoms with Crippen molar-refractivity contribution < 1.29 is 19.8 Å². The summed E-state index contributed by atoms with van der Waals surface area (Å²) in [7, 11) is 0. The van der Waals surface area contributed by atoms with E-state index in [4.69, 9.17) is 11.6 Å². The van der Waals surface area contributed by atoms with Gasteiger partial charge in [-0.3, -0.25) is 4.79 Å². The Morgan fingerprint density at radius 1 is 1.18 bits per heavy atom. The van der Waals surface area contributed by atoms with Crippen LogP contribution in [0.1, 0.15) is 30.9 Å². The van der Waals surface area contributed by atoms with Crippen LogP contribution in [0.5, 0.6) is 0 Å². The van der Waals surface area contributed by atoms with Crippen molar-refractivity contribution in [1.29, 1.82) is 0 Å². The number of aromatic nitrogens is 3. The quantitative estimate of drug-likeness (QED) is 0.329. The second-order valence-electron chi connectivity index (χ2n) is 8.45. The van der Waals surface area contributed by atoms with E-state index < -0.39 is 17.6 Å². The average Bonchev–Trinajstić information content (AvgIpc) is 3.32. The number of carboxylic acid groups (broad SMARTS) is 1. The van der Waals surface area contributed by atoms with Crippen molar-refractivity contribution in [3.05, 3.63) is 53.4 Å². The lowest BCUT2D eigenvalue weighted by Gasteiger charge is -2.41. The molecule has 10 nitrogen and oxygen atoms in total. The molecule has 2 amide bonds. The maximum Gasteiger partial charge on any atom is 0.404 e. The fraction of sp³-hybridized carbons (Fsp3) is 0.391. The standard InChI is InChI=1S/C23H27ClN6O4/c24-16-3-1-15(2-4-16)18(6-12-31)29-21(32)23(13-26-22(33)34)7-10-30(11-8-23)20-17-5-9-25-19(17)27-14-28-20/h1-5,9,14,18,26,31H,6-8,10-13H2,(H,29,32)(H,33,34)(H,25,27,28). The predicted molar refractivity (Wildman–Crippen MR) is 128 cm³/mol. The van der Waals surface area contributed by atoms with Crippen LogP contribution >= 0.6 is 11.6 Å². The van der Waals surface area contributed by atoms with E-state index in [-0.39, 0.29) is 19.1 Å². The van der Waals surface area contributed by atoms with Crippen molar-refractivity contribution in [1.82, 2.24) is 25.6 Å². The molecule has 11 heteroatoms. The maximum absolute atomic E-state index is 13.6. The zero-order chi connectivity index (χ0) is 24.1. The fourth-order valence-corrected chi connectivity index (χ4v) is 4.57. The molecule has 0 aliphatic carbocycles. The van der Waals surface area contributed by atoms with E-state index in [1.807, 2.05) is 18.2 Å². The molecule has 3 heterocycles. The van der Waals surface area contributed by atoms with Crippen LogP contribution in [-0.2, 0) is 4.79 Å². The van der Waals surface area contributed by atoms with Gasteiger partial charge in [0.2, 0.25) is 5.91 Å². The van der Waals surface area contributed by atoms with E-state index in [0.717, 1.165) is 22.4 Å². The lowest BCUT2D eigenvalue weighted by atomic mass is 9.76. The smallest absolute Gasteiger partial charge is 0.404 e. The van der Waals surface area contributed by atoms with Gasteiger partial charge in [-0.15, -0.1) is 0 Å². The molecule has 1 atom stereocenters. The van der Waals surface area contributed by atoms with Crippen molar-refractivity contribution in [2.24, 2.45) is 5.41 Å². The Balaban J connectivity index is 1.53. The summed E-state index contributed by atoms with van der Waals surface area (Å²) in [5, 5.41) is 25.7. The number of aliphatic hydroxyl groups excluding tert-OH is 1. The van der Waals surface area contributed by atoms with Crippen LogP contribution in [0.4, 0.5) is 10.6 Å². The van der Waals surface area contributed by atoms with E-state index in [1.165, 1.54) is 6.33 Å². The fourth-order valence-electron chi connectivity index (χ4n) is 4.44. The van der Waals surface area contributed by atoms with Crippen LogP contribution < -0.4 is 15.5 Å². The molecule has 5 N–H and O–H groups in total. The molecule has 0 bridgehead atoms. The number of carbonyl (C=O) groups excluding carboxylic acids is 1. The Morgan fingerprint density at radius 3 is 2.59 bits per heavy atom. The van der Waals surface area contributed by atoms with Gasteiger partial charge in [0.1, 0.15) is 17.8 Å². The molecule has 4 rings (SSSR count). The molecule has 1 aliphatic heterocycles. The highest BCUT2D eigenvalue weighted by Crippen LogP contribution is 2.35. The summed E-state index contributed by atoms with van der Waals surface area (Å²) >= 11 is 5.99. The summed E-state index contributed by atoms with van der Waals surface area (Å²) in [6.07, 6.45) is 3.32. The number of fused-ring (bicyclic) bond motifs is 1. The minimum Gasteiger partial charge on any atom is -0.465 e. The first-order valence-electron chi connectivity index (χ1n) is 11.1. The molecule has 0 radical (unpaired) electrons. The second kappa shape index (κ2) is 10.3. The number of nitrogens with zero attached hydrogens (tertiary/aromatic N) is 3. The molecule has 3 aromatic rings. The first-order valence-corrected chi connectivity index (χ1v) is 11.5. The van der Waals surface area contributed by atoms with Crippen molar-refractivity contribution >= 4 is 40.5 Å². The highest BCUT2D eigenvalue weighted by molar-refractivity contribution is 6.30. The van der Waals surface area contributed by atoms with Crippen LogP contribution in [0.3, 0.4) is 0 Å². The number of anilines is 1. The Hall–Kier alpha value is -3.37. The van der Waals surface area contributed by atoms with Crippen molar-refractivity contribution in [2.75, 3.05) is 31.1 Å². The number of aromatic amines is 1. The largest absolute Gasteiger partial charge is 0.465 e. The third-order valence-electron chi connectivity index (χ3n) is 6.41. The lowest BCUT2D eigenvalue weighted by Crippen LogP contribution is -2.54. The SMILES string of the molecule is O=C(O)NCC1(C(=O)NC(CCO)c2ccc(Cl)cc2)CCN(c2ncnc3[nH]ccc23)CC1. The van der Waals surface area contributed by atoms with Crippen LogP contribution in [-0.4, -0.2) is 63.4 Å². The average molecular weight is 487 g/mol. The number of piperidine rings is 1. The molecule has 1 aliphatic rings. The number of nitrogens with one attached hydrogen (secondary N) is 3. The van der Waals surface area contributed by atoms with Crippen LogP contribution in [0, 0.1) is 5.41 Å². The van der Waals surface area contributed by atoms with Crippen LogP contribution in [0.25, 0.3) is 11.0 Å². The molecule has 1 unspecified atom stereocenters. The predicted octanol–water partition coefficient (Wildman–Crippen LogP) is 2.71. The normalized spacial score (nSPS) is 16.2. The van der Waals surface area contributed by atoms with Crippen molar-refractivity contribution in [3.8, 4) is 0 Å². The molecular formula is C23H27ClN6O4. The number of carbonyl (C=O) groups is 2. The van der Waals surface area contributed by atoms with Gasteiger partial charge in [-0.2, -0.15) is 0 Å². The minimum absolute atomic E-state index is 0.00217. The zero-order valence-electron chi connectivity index (χ0n) is 18.5. The maximum atomic E-state index is 13.6. The third-order valence-corrected chi connectivity index (χ3v) is 6.66. The number of rotatable bonds is 8. The lowest BCUT2D eigenvalue weighted by molar-refractivity contribution is -0.133. The van der Waals surface area contributed by atoms with Gasteiger partial charge in [0.25, 0.3) is 0 Å². The van der Waals surface area contributed by atoms with Crippen LogP contribution in [0.15, 0.2) is 42.9 Å². The number of halogens is 1. The molecule has 2 aromatic heterocycles. The van der Waals surface area contributed by atoms with E-state index in [9.17, 15) is 19.8 Å².